The number of alkyl halides is 2. The van der Waals surface area contributed by atoms with Crippen molar-refractivity contribution in [2.75, 3.05) is 69.4 Å². The van der Waals surface area contributed by atoms with Crippen molar-refractivity contribution in [3.8, 4) is 5.75 Å². The van der Waals surface area contributed by atoms with Crippen LogP contribution in [0.15, 0.2) is 47.7 Å². The lowest BCUT2D eigenvalue weighted by atomic mass is 9.85. The third-order valence-corrected chi connectivity index (χ3v) is 12.9. The molecule has 4 aromatic heterocycles. The van der Waals surface area contributed by atoms with Gasteiger partial charge in [-0.05, 0) is 76.0 Å². The van der Waals surface area contributed by atoms with E-state index in [1.807, 2.05) is 6.07 Å². The molecule has 7 heterocycles. The van der Waals surface area contributed by atoms with Crippen molar-refractivity contribution in [3.05, 3.63) is 70.3 Å². The predicted octanol–water partition coefficient (Wildman–Crippen LogP) is 4.63. The predicted molar refractivity (Wildman–Crippen MR) is 230 cm³/mol. The van der Waals surface area contributed by atoms with E-state index in [4.69, 9.17) is 14.2 Å². The number of likely N-dealkylation sites (tertiary alicyclic amines) is 1. The van der Waals surface area contributed by atoms with Crippen LogP contribution in [0.1, 0.15) is 98.2 Å². The second kappa shape index (κ2) is 19.1. The van der Waals surface area contributed by atoms with Gasteiger partial charge in [-0.2, -0.15) is 10.2 Å². The summed E-state index contributed by atoms with van der Waals surface area (Å²) in [5.41, 5.74) is 0.153. The molecule has 20 heteroatoms. The number of morpholine rings is 1. The fourth-order valence-electron chi connectivity index (χ4n) is 9.47. The number of amides is 3. The van der Waals surface area contributed by atoms with E-state index in [-0.39, 0.29) is 47.7 Å². The Morgan fingerprint density at radius 2 is 1.78 bits per heavy atom. The van der Waals surface area contributed by atoms with Crippen molar-refractivity contribution in [2.45, 2.75) is 89.3 Å². The number of rotatable bonds is 14. The molecule has 3 aliphatic heterocycles. The zero-order valence-electron chi connectivity index (χ0n) is 35.8. The molecular weight excluding hydrogens is 833 g/mol. The van der Waals surface area contributed by atoms with Crippen molar-refractivity contribution in [1.29, 1.82) is 0 Å². The van der Waals surface area contributed by atoms with E-state index in [0.29, 0.717) is 85.8 Å². The summed E-state index contributed by atoms with van der Waals surface area (Å²) in [5, 5.41) is 13.8. The largest absolute Gasteiger partial charge is 0.493 e. The quantitative estimate of drug-likeness (QED) is 0.116. The van der Waals surface area contributed by atoms with Gasteiger partial charge in [0.25, 0.3) is 17.9 Å². The van der Waals surface area contributed by atoms with Crippen LogP contribution in [0.4, 0.5) is 20.3 Å². The number of piperidine rings is 2. The van der Waals surface area contributed by atoms with Crippen LogP contribution in [0.3, 0.4) is 0 Å². The van der Waals surface area contributed by atoms with Crippen molar-refractivity contribution in [3.63, 3.8) is 0 Å². The summed E-state index contributed by atoms with van der Waals surface area (Å²) >= 11 is 0. The second-order valence-corrected chi connectivity index (χ2v) is 17.1. The summed E-state index contributed by atoms with van der Waals surface area (Å²) in [6.07, 6.45) is 8.28. The lowest BCUT2D eigenvalue weighted by molar-refractivity contribution is -0.135. The number of aryl methyl sites for hydroxylation is 1. The van der Waals surface area contributed by atoms with Gasteiger partial charge < -0.3 is 29.3 Å². The van der Waals surface area contributed by atoms with Gasteiger partial charge in [-0.15, -0.1) is 0 Å². The third kappa shape index (κ3) is 9.35. The average molecular weight is 886 g/mol. The minimum Gasteiger partial charge on any atom is -0.493 e. The van der Waals surface area contributed by atoms with Crippen molar-refractivity contribution < 1.29 is 37.4 Å². The number of benzene rings is 1. The Morgan fingerprint density at radius 1 is 0.984 bits per heavy atom. The standard InChI is InChI=1S/C44H53F2N11O7/c1-27-48-32-4-2-5-35(38(32)44(61)57(27)34-10-11-37(58)51-43(34)60)64-21-3-20-63-30-12-15-53(16-13-30)25-28-6-8-29(9-7-28)56-26-33(39(52-56)40(45)46)49-42(59)31-24-47-55-17-14-36(50-41(31)55)54-18-22-62-23-19-54/h2,4-5,14,17,24,26,28-30,34,40H,3,6-13,15-16,18-23,25H2,1H3,(H,49,59)(H,51,58,60)/t28-,29-,34?. The monoisotopic (exact) mass is 885 g/mol. The molecule has 1 aliphatic carbocycles. The van der Waals surface area contributed by atoms with Gasteiger partial charge in [0.2, 0.25) is 11.8 Å². The first-order valence-electron chi connectivity index (χ1n) is 22.3. The summed E-state index contributed by atoms with van der Waals surface area (Å²) in [4.78, 5) is 65.3. The zero-order chi connectivity index (χ0) is 44.3. The lowest BCUT2D eigenvalue weighted by Crippen LogP contribution is -2.45. The van der Waals surface area contributed by atoms with Crippen LogP contribution in [0.2, 0.25) is 0 Å². The van der Waals surface area contributed by atoms with E-state index in [1.165, 1.54) is 21.5 Å². The lowest BCUT2D eigenvalue weighted by Gasteiger charge is -2.36. The fraction of sp³-hybridized carbons (Fsp3) is 0.545. The number of carbonyl (C=O) groups excluding carboxylic acids is 3. The fourth-order valence-corrected chi connectivity index (χ4v) is 9.47. The van der Waals surface area contributed by atoms with E-state index in [1.54, 1.807) is 36.0 Å². The van der Waals surface area contributed by atoms with Crippen molar-refractivity contribution in [2.24, 2.45) is 5.92 Å². The number of ether oxygens (including phenoxy) is 3. The second-order valence-electron chi connectivity index (χ2n) is 17.1. The van der Waals surface area contributed by atoms with Crippen LogP contribution in [0, 0.1) is 12.8 Å². The van der Waals surface area contributed by atoms with Crippen LogP contribution < -0.4 is 25.8 Å². The van der Waals surface area contributed by atoms with Crippen molar-refractivity contribution in [1.82, 2.24) is 44.1 Å². The molecule has 1 aromatic carbocycles. The molecule has 3 amide bonds. The van der Waals surface area contributed by atoms with Gasteiger partial charge in [0, 0.05) is 58.0 Å². The molecule has 0 radical (unpaired) electrons. The molecule has 1 atom stereocenters. The number of hydrogen-bond donors (Lipinski definition) is 2. The molecular formula is C44H53F2N11O7. The number of nitrogens with zero attached hydrogens (tertiary/aromatic N) is 9. The minimum atomic E-state index is -2.86. The Labute approximate surface area is 367 Å². The van der Waals surface area contributed by atoms with E-state index in [9.17, 15) is 28.0 Å². The first-order chi connectivity index (χ1) is 31.1. The number of halogens is 2. The van der Waals surface area contributed by atoms with E-state index in [0.717, 1.165) is 58.2 Å². The number of hydrogen-bond acceptors (Lipinski definition) is 13. The molecule has 18 nitrogen and oxygen atoms in total. The summed E-state index contributed by atoms with van der Waals surface area (Å²) in [5.74, 6) is 0.528. The molecule has 9 rings (SSSR count). The molecule has 1 saturated carbocycles. The van der Waals surface area contributed by atoms with Gasteiger partial charge in [-0.1, -0.05) is 6.07 Å². The smallest absolute Gasteiger partial charge is 0.284 e. The Balaban J connectivity index is 0.716. The van der Waals surface area contributed by atoms with Crippen LogP contribution in [-0.2, 0) is 19.1 Å². The SMILES string of the molecule is Cc1nc2cccc(OCCCOC3CCN(C[C@H]4CC[C@H](n5cc(NC(=O)c6cnn7ccc(N8CCOCC8)nc67)c(C(F)F)n5)CC4)CC3)c2c(=O)n1C1CCC(=O)NC1=O. The van der Waals surface area contributed by atoms with Gasteiger partial charge in [-0.3, -0.25) is 33.7 Å². The molecule has 0 spiro atoms. The summed E-state index contributed by atoms with van der Waals surface area (Å²) in [7, 11) is 0. The van der Waals surface area contributed by atoms with Crippen LogP contribution in [0.5, 0.6) is 5.75 Å². The molecule has 64 heavy (non-hydrogen) atoms. The molecule has 2 N–H and O–H groups in total. The summed E-state index contributed by atoms with van der Waals surface area (Å²) in [6, 6.07) is 6.21. The van der Waals surface area contributed by atoms with Crippen LogP contribution >= 0.6 is 0 Å². The van der Waals surface area contributed by atoms with Gasteiger partial charge in [0.05, 0.1) is 56.0 Å². The summed E-state index contributed by atoms with van der Waals surface area (Å²) in [6.45, 7) is 7.87. The molecule has 1 unspecified atom stereocenters. The third-order valence-electron chi connectivity index (χ3n) is 12.9. The molecule has 4 aliphatic rings. The maximum absolute atomic E-state index is 14.3. The van der Waals surface area contributed by atoms with E-state index in [2.05, 4.69) is 40.6 Å². The Morgan fingerprint density at radius 3 is 2.55 bits per heavy atom. The highest BCUT2D eigenvalue weighted by atomic mass is 19.3. The van der Waals surface area contributed by atoms with E-state index >= 15 is 0 Å². The highest BCUT2D eigenvalue weighted by Crippen LogP contribution is 2.36. The number of imide groups is 1. The van der Waals surface area contributed by atoms with Crippen LogP contribution in [0.25, 0.3) is 16.6 Å². The molecule has 3 saturated heterocycles. The van der Waals surface area contributed by atoms with Gasteiger partial charge >= 0.3 is 0 Å². The summed E-state index contributed by atoms with van der Waals surface area (Å²) < 4.78 is 50.7. The van der Waals surface area contributed by atoms with Gasteiger partial charge in [0.15, 0.2) is 11.3 Å². The highest BCUT2D eigenvalue weighted by Gasteiger charge is 2.32. The average Bonchev–Trinajstić information content (AvgIpc) is 3.93. The van der Waals surface area contributed by atoms with Crippen molar-refractivity contribution >= 4 is 45.8 Å². The molecule has 0 bridgehead atoms. The van der Waals surface area contributed by atoms with Crippen LogP contribution in [-0.4, -0.2) is 122 Å². The molecule has 4 fully saturated rings. The first kappa shape index (κ1) is 43.4. The Kier molecular flexibility index (Phi) is 12.9. The highest BCUT2D eigenvalue weighted by molar-refractivity contribution is 6.08. The zero-order valence-corrected chi connectivity index (χ0v) is 35.8. The maximum Gasteiger partial charge on any atom is 0.284 e. The van der Waals surface area contributed by atoms with Gasteiger partial charge in [0.1, 0.15) is 34.4 Å². The number of carbonyl (C=O) groups is 3. The van der Waals surface area contributed by atoms with E-state index < -0.39 is 30.0 Å². The Hall–Kier alpha value is -5.86. The maximum atomic E-state index is 14.3. The normalized spacial score (nSPS) is 21.5. The number of fused-ring (bicyclic) bond motifs is 2. The number of aromatic nitrogens is 7. The molecule has 340 valence electrons. The topological polar surface area (TPSA) is 192 Å². The minimum absolute atomic E-state index is 0.0139. The number of anilines is 2. The number of nitrogens with one attached hydrogen (secondary N) is 2. The Bertz CT molecular complexity index is 2560. The molecule has 5 aromatic rings. The van der Waals surface area contributed by atoms with Gasteiger partial charge in [-0.25, -0.2) is 23.3 Å². The first-order valence-corrected chi connectivity index (χ1v) is 22.3.